The average Bonchev–Trinajstić information content (AvgIpc) is 3.23. The summed E-state index contributed by atoms with van der Waals surface area (Å²) in [6, 6.07) is 10.3. The van der Waals surface area contributed by atoms with E-state index in [9.17, 15) is 4.79 Å². The van der Waals surface area contributed by atoms with E-state index in [0.29, 0.717) is 33.0 Å². The molecule has 2 aromatic heterocycles. The number of hydrogen-bond acceptors (Lipinski definition) is 4. The molecule has 0 atom stereocenters. The second kappa shape index (κ2) is 7.59. The van der Waals surface area contributed by atoms with Crippen LogP contribution >= 0.6 is 23.2 Å². The highest BCUT2D eigenvalue weighted by atomic mass is 35.5. The zero-order valence-electron chi connectivity index (χ0n) is 13.3. The fraction of sp³-hybridized carbons (Fsp3) is 0.111. The number of aryl methyl sites for hydroxylation is 1. The summed E-state index contributed by atoms with van der Waals surface area (Å²) in [6.07, 6.45) is 4.61. The van der Waals surface area contributed by atoms with Crippen molar-refractivity contribution >= 4 is 35.1 Å². The monoisotopic (exact) mass is 376 g/mol. The summed E-state index contributed by atoms with van der Waals surface area (Å²) >= 11 is 12.0. The number of aromatic nitrogens is 2. The first-order valence-corrected chi connectivity index (χ1v) is 8.16. The zero-order valence-corrected chi connectivity index (χ0v) is 14.8. The van der Waals surface area contributed by atoms with Gasteiger partial charge in [0.15, 0.2) is 0 Å². The van der Waals surface area contributed by atoms with Crippen LogP contribution in [0.2, 0.25) is 10.0 Å². The minimum absolute atomic E-state index is 0.153. The number of benzene rings is 1. The summed E-state index contributed by atoms with van der Waals surface area (Å²) in [6.45, 7) is 0.198. The number of carbonyl (C=O) groups is 1. The Morgan fingerprint density at radius 2 is 2.12 bits per heavy atom. The van der Waals surface area contributed by atoms with E-state index >= 15 is 0 Å². The number of rotatable bonds is 6. The molecule has 0 saturated carbocycles. The second-order valence-electron chi connectivity index (χ2n) is 5.18. The van der Waals surface area contributed by atoms with Gasteiger partial charge in [-0.15, -0.1) is 0 Å². The number of ketones is 1. The van der Waals surface area contributed by atoms with Gasteiger partial charge in [0.25, 0.3) is 0 Å². The van der Waals surface area contributed by atoms with E-state index in [1.165, 1.54) is 10.8 Å². The van der Waals surface area contributed by atoms with Gasteiger partial charge in [0.2, 0.25) is 5.78 Å². The van der Waals surface area contributed by atoms with Crippen molar-refractivity contribution in [3.8, 4) is 5.75 Å². The van der Waals surface area contributed by atoms with Gasteiger partial charge < -0.3 is 9.15 Å². The predicted octanol–water partition coefficient (Wildman–Crippen LogP) is 4.80. The van der Waals surface area contributed by atoms with Gasteiger partial charge in [-0.25, -0.2) is 0 Å². The van der Waals surface area contributed by atoms with Crippen molar-refractivity contribution in [1.29, 1.82) is 0 Å². The van der Waals surface area contributed by atoms with Gasteiger partial charge in [0.1, 0.15) is 34.6 Å². The fourth-order valence-corrected chi connectivity index (χ4v) is 2.51. The molecule has 0 radical (unpaired) electrons. The maximum Gasteiger partial charge on any atom is 0.203 e. The van der Waals surface area contributed by atoms with Crippen LogP contribution in [0.15, 0.2) is 53.1 Å². The predicted molar refractivity (Wildman–Crippen MR) is 96.1 cm³/mol. The molecule has 0 unspecified atom stereocenters. The lowest BCUT2D eigenvalue weighted by atomic mass is 10.2. The van der Waals surface area contributed by atoms with Gasteiger partial charge in [-0.2, -0.15) is 5.10 Å². The van der Waals surface area contributed by atoms with Gasteiger partial charge >= 0.3 is 0 Å². The minimum Gasteiger partial charge on any atom is -0.484 e. The molecule has 7 heteroatoms. The molecule has 0 aliphatic rings. The Morgan fingerprint density at radius 3 is 2.88 bits per heavy atom. The molecule has 0 fully saturated rings. The van der Waals surface area contributed by atoms with Crippen molar-refractivity contribution in [3.63, 3.8) is 0 Å². The van der Waals surface area contributed by atoms with Gasteiger partial charge in [0.05, 0.1) is 5.02 Å². The number of carbonyl (C=O) groups excluding carboxylic acids is 1. The number of halogens is 2. The first-order valence-electron chi connectivity index (χ1n) is 7.40. The molecule has 5 nitrogen and oxygen atoms in total. The van der Waals surface area contributed by atoms with Gasteiger partial charge in [-0.1, -0.05) is 29.3 Å². The van der Waals surface area contributed by atoms with E-state index in [-0.39, 0.29) is 12.4 Å². The highest BCUT2D eigenvalue weighted by Crippen LogP contribution is 2.32. The largest absolute Gasteiger partial charge is 0.484 e. The van der Waals surface area contributed by atoms with Crippen molar-refractivity contribution in [2.75, 3.05) is 0 Å². The molecule has 128 valence electrons. The lowest BCUT2D eigenvalue weighted by Crippen LogP contribution is -2.03. The highest BCUT2D eigenvalue weighted by molar-refractivity contribution is 6.42. The van der Waals surface area contributed by atoms with Crippen molar-refractivity contribution < 1.29 is 13.9 Å². The Labute approximate surface area is 154 Å². The fourth-order valence-electron chi connectivity index (χ4n) is 2.16. The van der Waals surface area contributed by atoms with E-state index in [1.807, 2.05) is 0 Å². The topological polar surface area (TPSA) is 57.3 Å². The van der Waals surface area contributed by atoms with Crippen LogP contribution < -0.4 is 4.74 Å². The van der Waals surface area contributed by atoms with Crippen LogP contribution in [0.5, 0.6) is 5.75 Å². The average molecular weight is 377 g/mol. The van der Waals surface area contributed by atoms with Crippen LogP contribution in [0.1, 0.15) is 22.0 Å². The van der Waals surface area contributed by atoms with E-state index in [2.05, 4.69) is 5.10 Å². The Balaban J connectivity index is 1.62. The SMILES string of the molecule is Cn1nccc1C(=O)/C=C\c1ccc(COc2cccc(Cl)c2Cl)o1. The molecule has 0 spiro atoms. The lowest BCUT2D eigenvalue weighted by Gasteiger charge is -2.06. The van der Waals surface area contributed by atoms with E-state index in [0.717, 1.165) is 0 Å². The number of allylic oxidation sites excluding steroid dienone is 1. The Kier molecular flexibility index (Phi) is 5.26. The Morgan fingerprint density at radius 1 is 1.28 bits per heavy atom. The number of hydrogen-bond donors (Lipinski definition) is 0. The third-order valence-electron chi connectivity index (χ3n) is 3.44. The summed E-state index contributed by atoms with van der Waals surface area (Å²) in [5.41, 5.74) is 0.502. The van der Waals surface area contributed by atoms with Crippen LogP contribution in [0, 0.1) is 0 Å². The van der Waals surface area contributed by atoms with E-state index < -0.39 is 0 Å². The Hall–Kier alpha value is -2.50. The van der Waals surface area contributed by atoms with Crippen molar-refractivity contribution in [2.24, 2.45) is 7.05 Å². The summed E-state index contributed by atoms with van der Waals surface area (Å²) in [5, 5.41) is 4.75. The summed E-state index contributed by atoms with van der Waals surface area (Å²) < 4.78 is 12.7. The van der Waals surface area contributed by atoms with Crippen LogP contribution in [0.25, 0.3) is 6.08 Å². The molecule has 0 aliphatic heterocycles. The number of ether oxygens (including phenoxy) is 1. The van der Waals surface area contributed by atoms with E-state index in [1.54, 1.807) is 55.7 Å². The van der Waals surface area contributed by atoms with Crippen LogP contribution in [-0.4, -0.2) is 15.6 Å². The molecule has 0 aliphatic carbocycles. The molecule has 3 aromatic rings. The maximum atomic E-state index is 12.0. The van der Waals surface area contributed by atoms with Gasteiger partial charge in [-0.3, -0.25) is 9.48 Å². The smallest absolute Gasteiger partial charge is 0.203 e. The molecular weight excluding hydrogens is 363 g/mol. The normalized spacial score (nSPS) is 11.2. The molecule has 0 bridgehead atoms. The lowest BCUT2D eigenvalue weighted by molar-refractivity contribution is 0.103. The molecule has 1 aromatic carbocycles. The van der Waals surface area contributed by atoms with Gasteiger partial charge in [0, 0.05) is 13.2 Å². The summed E-state index contributed by atoms with van der Waals surface area (Å²) in [7, 11) is 1.71. The molecule has 3 rings (SSSR count). The quantitative estimate of drug-likeness (QED) is 0.458. The van der Waals surface area contributed by atoms with Crippen LogP contribution in [0.4, 0.5) is 0 Å². The highest BCUT2D eigenvalue weighted by Gasteiger charge is 2.08. The van der Waals surface area contributed by atoms with Crippen molar-refractivity contribution in [1.82, 2.24) is 9.78 Å². The summed E-state index contributed by atoms with van der Waals surface area (Å²) in [5.74, 6) is 1.48. The first-order chi connectivity index (χ1) is 12.0. The zero-order chi connectivity index (χ0) is 17.8. The maximum absolute atomic E-state index is 12.0. The minimum atomic E-state index is -0.153. The number of furan rings is 1. The molecular formula is C18H14Cl2N2O3. The molecule has 2 heterocycles. The van der Waals surface area contributed by atoms with Crippen molar-refractivity contribution in [2.45, 2.75) is 6.61 Å². The summed E-state index contributed by atoms with van der Waals surface area (Å²) in [4.78, 5) is 12.0. The molecule has 25 heavy (non-hydrogen) atoms. The van der Waals surface area contributed by atoms with Gasteiger partial charge in [-0.05, 0) is 42.5 Å². The third-order valence-corrected chi connectivity index (χ3v) is 4.24. The standard InChI is InChI=1S/C18H14Cl2N2O3/c1-22-15(9-10-21-22)16(23)8-7-12-5-6-13(25-12)11-24-17-4-2-3-14(19)18(17)20/h2-10H,11H2,1H3/b8-7-. The van der Waals surface area contributed by atoms with E-state index in [4.69, 9.17) is 32.4 Å². The van der Waals surface area contributed by atoms with Crippen LogP contribution in [-0.2, 0) is 13.7 Å². The van der Waals surface area contributed by atoms with Crippen LogP contribution in [0.3, 0.4) is 0 Å². The first kappa shape index (κ1) is 17.3. The second-order valence-corrected chi connectivity index (χ2v) is 5.97. The molecule has 0 amide bonds. The number of nitrogens with zero attached hydrogens (tertiary/aromatic N) is 2. The molecule has 0 N–H and O–H groups in total. The van der Waals surface area contributed by atoms with Crippen molar-refractivity contribution in [3.05, 3.63) is 75.9 Å². The Bertz CT molecular complexity index is 928. The molecule has 0 saturated heterocycles. The third kappa shape index (κ3) is 4.13.